The lowest BCUT2D eigenvalue weighted by Crippen LogP contribution is -2.08. The molecule has 3 aromatic rings. The van der Waals surface area contributed by atoms with E-state index in [9.17, 15) is 0 Å². The lowest BCUT2D eigenvalue weighted by atomic mass is 10.1. The van der Waals surface area contributed by atoms with Gasteiger partial charge in [0.1, 0.15) is 5.75 Å². The molecule has 2 aromatic carbocycles. The van der Waals surface area contributed by atoms with Crippen LogP contribution in [0.3, 0.4) is 0 Å². The summed E-state index contributed by atoms with van der Waals surface area (Å²) in [5.41, 5.74) is 4.60. The van der Waals surface area contributed by atoms with E-state index in [1.54, 1.807) is 7.11 Å². The molecule has 3 heteroatoms. The largest absolute Gasteiger partial charge is 0.497 e. The maximum absolute atomic E-state index is 5.19. The van der Waals surface area contributed by atoms with Crippen LogP contribution in [0, 0.1) is 0 Å². The van der Waals surface area contributed by atoms with E-state index in [4.69, 9.17) is 4.74 Å². The number of ether oxygens (including phenoxy) is 1. The van der Waals surface area contributed by atoms with Crippen molar-refractivity contribution >= 4 is 23.2 Å². The molecule has 0 atom stereocenters. The monoisotopic (exact) mass is 288 g/mol. The number of rotatable bonds is 2. The van der Waals surface area contributed by atoms with Crippen LogP contribution in [-0.4, -0.2) is 17.9 Å². The number of methoxy groups -OCH3 is 1. The van der Waals surface area contributed by atoms with Gasteiger partial charge >= 0.3 is 0 Å². The fourth-order valence-corrected chi connectivity index (χ4v) is 2.84. The topological polar surface area (TPSA) is 26.5 Å². The van der Waals surface area contributed by atoms with Crippen molar-refractivity contribution < 1.29 is 4.74 Å². The molecule has 0 amide bonds. The van der Waals surface area contributed by atoms with Gasteiger partial charge in [-0.2, -0.15) is 0 Å². The summed E-state index contributed by atoms with van der Waals surface area (Å²) >= 11 is 0. The first kappa shape index (κ1) is 12.9. The second kappa shape index (κ2) is 5.19. The Morgan fingerprint density at radius 2 is 1.91 bits per heavy atom. The number of allylic oxidation sites excluding steroid dienone is 1. The molecule has 3 nitrogen and oxygen atoms in total. The SMILES string of the molecule is COc1ccc(/C=C2/Cn3c(cc4ccccc43)C=N2)cc1. The van der Waals surface area contributed by atoms with Gasteiger partial charge in [-0.3, -0.25) is 4.99 Å². The summed E-state index contributed by atoms with van der Waals surface area (Å²) in [6, 6.07) is 18.7. The van der Waals surface area contributed by atoms with Gasteiger partial charge in [-0.05, 0) is 35.9 Å². The van der Waals surface area contributed by atoms with Gasteiger partial charge in [0.25, 0.3) is 0 Å². The van der Waals surface area contributed by atoms with Crippen molar-refractivity contribution in [2.24, 2.45) is 4.99 Å². The molecule has 0 unspecified atom stereocenters. The second-order valence-corrected chi connectivity index (χ2v) is 5.38. The summed E-state index contributed by atoms with van der Waals surface area (Å²) in [5.74, 6) is 0.869. The molecular weight excluding hydrogens is 272 g/mol. The molecule has 0 spiro atoms. The fourth-order valence-electron chi connectivity index (χ4n) is 2.84. The Balaban J connectivity index is 1.69. The van der Waals surface area contributed by atoms with Gasteiger partial charge in [0.05, 0.1) is 31.3 Å². The van der Waals surface area contributed by atoms with Crippen LogP contribution in [-0.2, 0) is 6.54 Å². The van der Waals surface area contributed by atoms with Crippen LogP contribution in [0.25, 0.3) is 17.0 Å². The smallest absolute Gasteiger partial charge is 0.118 e. The number of aliphatic imine (C=N–C) groups is 1. The number of fused-ring (bicyclic) bond motifs is 3. The average molecular weight is 288 g/mol. The second-order valence-electron chi connectivity index (χ2n) is 5.38. The predicted molar refractivity (Wildman–Crippen MR) is 90.5 cm³/mol. The van der Waals surface area contributed by atoms with Gasteiger partial charge in [-0.15, -0.1) is 0 Å². The number of para-hydroxylation sites is 1. The molecule has 2 heterocycles. The van der Waals surface area contributed by atoms with Crippen LogP contribution in [0.2, 0.25) is 0 Å². The minimum Gasteiger partial charge on any atom is -0.497 e. The molecule has 0 radical (unpaired) electrons. The Morgan fingerprint density at radius 1 is 1.09 bits per heavy atom. The van der Waals surface area contributed by atoms with Gasteiger partial charge < -0.3 is 9.30 Å². The normalized spacial score (nSPS) is 15.2. The first-order chi connectivity index (χ1) is 10.8. The third-order valence-corrected chi connectivity index (χ3v) is 3.97. The first-order valence-corrected chi connectivity index (χ1v) is 7.30. The summed E-state index contributed by atoms with van der Waals surface area (Å²) in [4.78, 5) is 4.59. The number of aromatic nitrogens is 1. The number of benzene rings is 2. The van der Waals surface area contributed by atoms with E-state index in [0.29, 0.717) is 0 Å². The molecule has 22 heavy (non-hydrogen) atoms. The van der Waals surface area contributed by atoms with Crippen molar-refractivity contribution in [3.05, 3.63) is 71.6 Å². The molecule has 0 aliphatic carbocycles. The molecular formula is C19H16N2O. The molecule has 108 valence electrons. The summed E-state index contributed by atoms with van der Waals surface area (Å²) < 4.78 is 7.49. The van der Waals surface area contributed by atoms with Gasteiger partial charge in [-0.1, -0.05) is 30.3 Å². The minimum absolute atomic E-state index is 0.797. The Morgan fingerprint density at radius 3 is 2.73 bits per heavy atom. The van der Waals surface area contributed by atoms with Gasteiger partial charge in [0, 0.05) is 10.9 Å². The summed E-state index contributed by atoms with van der Waals surface area (Å²) in [5, 5.41) is 1.26. The Hall–Kier alpha value is -2.81. The first-order valence-electron chi connectivity index (χ1n) is 7.30. The van der Waals surface area contributed by atoms with E-state index in [1.165, 1.54) is 10.9 Å². The third kappa shape index (κ3) is 2.21. The van der Waals surface area contributed by atoms with E-state index < -0.39 is 0 Å². The van der Waals surface area contributed by atoms with Gasteiger partial charge in [0.15, 0.2) is 0 Å². The maximum atomic E-state index is 5.19. The average Bonchev–Trinajstić information content (AvgIpc) is 2.94. The van der Waals surface area contributed by atoms with Crippen molar-refractivity contribution in [3.8, 4) is 5.75 Å². The summed E-state index contributed by atoms with van der Waals surface area (Å²) in [6.45, 7) is 0.797. The number of nitrogens with zero attached hydrogens (tertiary/aromatic N) is 2. The zero-order valence-corrected chi connectivity index (χ0v) is 12.4. The lowest BCUT2D eigenvalue weighted by Gasteiger charge is -2.13. The van der Waals surface area contributed by atoms with E-state index in [1.807, 2.05) is 30.5 Å². The van der Waals surface area contributed by atoms with Crippen LogP contribution >= 0.6 is 0 Å². The Kier molecular flexibility index (Phi) is 3.04. The van der Waals surface area contributed by atoms with Crippen LogP contribution in [0.4, 0.5) is 0 Å². The Labute approximate surface area is 129 Å². The highest BCUT2D eigenvalue weighted by Gasteiger charge is 2.12. The van der Waals surface area contributed by atoms with Crippen LogP contribution in [0.15, 0.2) is 65.3 Å². The minimum atomic E-state index is 0.797. The Bertz CT molecular complexity index is 885. The van der Waals surface area contributed by atoms with Gasteiger partial charge in [-0.25, -0.2) is 0 Å². The van der Waals surface area contributed by atoms with E-state index in [-0.39, 0.29) is 0 Å². The molecule has 0 saturated carbocycles. The van der Waals surface area contributed by atoms with Gasteiger partial charge in [0.2, 0.25) is 0 Å². The molecule has 0 bridgehead atoms. The van der Waals surface area contributed by atoms with Crippen molar-refractivity contribution in [1.29, 1.82) is 0 Å². The molecule has 0 fully saturated rings. The van der Waals surface area contributed by atoms with Crippen LogP contribution in [0.5, 0.6) is 5.75 Å². The molecule has 1 aromatic heterocycles. The predicted octanol–water partition coefficient (Wildman–Crippen LogP) is 4.12. The maximum Gasteiger partial charge on any atom is 0.118 e. The van der Waals surface area contributed by atoms with Crippen molar-refractivity contribution in [1.82, 2.24) is 4.57 Å². The quantitative estimate of drug-likeness (QED) is 0.696. The molecule has 1 aliphatic heterocycles. The van der Waals surface area contributed by atoms with E-state index in [0.717, 1.165) is 29.2 Å². The molecule has 0 saturated heterocycles. The molecule has 1 aliphatic rings. The van der Waals surface area contributed by atoms with Crippen LogP contribution < -0.4 is 4.74 Å². The lowest BCUT2D eigenvalue weighted by molar-refractivity contribution is 0.415. The summed E-state index contributed by atoms with van der Waals surface area (Å²) in [6.07, 6.45) is 4.06. The van der Waals surface area contributed by atoms with Crippen molar-refractivity contribution in [3.63, 3.8) is 0 Å². The summed E-state index contributed by atoms with van der Waals surface area (Å²) in [7, 11) is 1.68. The molecule has 0 N–H and O–H groups in total. The van der Waals surface area contributed by atoms with Crippen molar-refractivity contribution in [2.45, 2.75) is 6.54 Å². The van der Waals surface area contributed by atoms with E-state index >= 15 is 0 Å². The standard InChI is InChI=1S/C19H16N2O/c1-22-18-8-6-14(7-9-18)10-16-13-21-17(12-20-16)11-15-4-2-3-5-19(15)21/h2-12H,13H2,1H3/b16-10-. The molecule has 4 rings (SSSR count). The van der Waals surface area contributed by atoms with Crippen LogP contribution in [0.1, 0.15) is 11.3 Å². The zero-order valence-electron chi connectivity index (χ0n) is 12.4. The highest BCUT2D eigenvalue weighted by Crippen LogP contribution is 2.24. The number of hydrogen-bond acceptors (Lipinski definition) is 2. The number of hydrogen-bond donors (Lipinski definition) is 0. The third-order valence-electron chi connectivity index (χ3n) is 3.97. The highest BCUT2D eigenvalue weighted by molar-refractivity contribution is 5.92. The van der Waals surface area contributed by atoms with E-state index in [2.05, 4.69) is 46.0 Å². The highest BCUT2D eigenvalue weighted by atomic mass is 16.5. The fraction of sp³-hybridized carbons (Fsp3) is 0.105. The van der Waals surface area contributed by atoms with Crippen molar-refractivity contribution in [2.75, 3.05) is 7.11 Å². The zero-order chi connectivity index (χ0) is 14.9.